The Bertz CT molecular complexity index is 567. The molecule has 0 radical (unpaired) electrons. The maximum atomic E-state index is 6.33. The highest BCUT2D eigenvalue weighted by molar-refractivity contribution is 14.1. The highest BCUT2D eigenvalue weighted by atomic mass is 127. The number of benzene rings is 1. The Balaban J connectivity index is 1.92. The number of nitrogens with two attached hydrogens (primary N) is 1. The van der Waals surface area contributed by atoms with Crippen molar-refractivity contribution in [2.45, 2.75) is 18.9 Å². The number of thiophene rings is 1. The Labute approximate surface area is 124 Å². The van der Waals surface area contributed by atoms with Gasteiger partial charge in [0.25, 0.3) is 0 Å². The molecule has 1 aliphatic heterocycles. The fourth-order valence-corrected chi connectivity index (χ4v) is 3.66. The van der Waals surface area contributed by atoms with E-state index in [0.29, 0.717) is 0 Å². The zero-order chi connectivity index (χ0) is 12.5. The summed E-state index contributed by atoms with van der Waals surface area (Å²) in [5.41, 5.74) is 9.99. The molecule has 1 aliphatic rings. The molecule has 94 valence electrons. The van der Waals surface area contributed by atoms with Crippen molar-refractivity contribution in [2.75, 3.05) is 6.61 Å². The summed E-state index contributed by atoms with van der Waals surface area (Å²) < 4.78 is 6.91. The number of hydrogen-bond donors (Lipinski definition) is 1. The Morgan fingerprint density at radius 3 is 2.94 bits per heavy atom. The molecule has 2 nitrogen and oxygen atoms in total. The molecule has 1 aromatic carbocycles. The van der Waals surface area contributed by atoms with E-state index in [4.69, 9.17) is 10.5 Å². The third kappa shape index (κ3) is 2.41. The lowest BCUT2D eigenvalue weighted by Crippen LogP contribution is -2.13. The fourth-order valence-electron chi connectivity index (χ4n) is 2.25. The largest absolute Gasteiger partial charge is 0.493 e. The Hall–Kier alpha value is -0.590. The van der Waals surface area contributed by atoms with E-state index in [9.17, 15) is 0 Å². The minimum absolute atomic E-state index is 0.0306. The zero-order valence-corrected chi connectivity index (χ0v) is 12.8. The third-order valence-corrected chi connectivity index (χ3v) is 5.05. The number of hydrogen-bond acceptors (Lipinski definition) is 3. The molecule has 1 unspecified atom stereocenters. The van der Waals surface area contributed by atoms with Crippen LogP contribution in [0, 0.1) is 2.88 Å². The van der Waals surface area contributed by atoms with Crippen molar-refractivity contribution in [1.29, 1.82) is 0 Å². The Morgan fingerprint density at radius 1 is 1.28 bits per heavy atom. The van der Waals surface area contributed by atoms with E-state index in [-0.39, 0.29) is 6.04 Å². The molecule has 0 saturated carbocycles. The van der Waals surface area contributed by atoms with Crippen molar-refractivity contribution < 1.29 is 4.74 Å². The summed E-state index contributed by atoms with van der Waals surface area (Å²) in [5, 5.41) is 2.14. The first-order valence-corrected chi connectivity index (χ1v) is 7.95. The van der Waals surface area contributed by atoms with Gasteiger partial charge in [0.1, 0.15) is 5.75 Å². The average molecular weight is 371 g/mol. The van der Waals surface area contributed by atoms with Gasteiger partial charge in [0, 0.05) is 0 Å². The Kier molecular flexibility index (Phi) is 3.59. The molecule has 2 N–H and O–H groups in total. The van der Waals surface area contributed by atoms with Gasteiger partial charge in [0.2, 0.25) is 0 Å². The number of halogens is 1. The summed E-state index contributed by atoms with van der Waals surface area (Å²) in [5.74, 6) is 1.03. The summed E-state index contributed by atoms with van der Waals surface area (Å²) >= 11 is 4.07. The monoisotopic (exact) mass is 371 g/mol. The van der Waals surface area contributed by atoms with Gasteiger partial charge < -0.3 is 10.5 Å². The van der Waals surface area contributed by atoms with E-state index < -0.39 is 0 Å². The standard InChI is InChI=1S/C14H14INOS/c15-13-7-11(8-18-13)14(16)10-3-4-12-9(6-10)2-1-5-17-12/h3-4,6-8,14H,1-2,5,16H2. The fraction of sp³-hybridized carbons (Fsp3) is 0.286. The van der Waals surface area contributed by atoms with E-state index in [1.807, 2.05) is 0 Å². The predicted octanol–water partition coefficient (Wildman–Crippen LogP) is 3.73. The van der Waals surface area contributed by atoms with Crippen LogP contribution in [-0.4, -0.2) is 6.61 Å². The average Bonchev–Trinajstić information content (AvgIpc) is 2.84. The molecule has 18 heavy (non-hydrogen) atoms. The molecule has 3 rings (SSSR count). The number of rotatable bonds is 2. The second-order valence-corrected chi connectivity index (χ2v) is 7.29. The lowest BCUT2D eigenvalue weighted by Gasteiger charge is -2.19. The number of fused-ring (bicyclic) bond motifs is 1. The van der Waals surface area contributed by atoms with Crippen molar-refractivity contribution >= 4 is 33.9 Å². The van der Waals surface area contributed by atoms with Crippen LogP contribution in [0.1, 0.15) is 29.2 Å². The van der Waals surface area contributed by atoms with Crippen LogP contribution in [0.2, 0.25) is 0 Å². The van der Waals surface area contributed by atoms with Crippen LogP contribution in [0.5, 0.6) is 5.75 Å². The third-order valence-electron chi connectivity index (χ3n) is 3.24. The second kappa shape index (κ2) is 5.19. The summed E-state index contributed by atoms with van der Waals surface area (Å²) in [6.45, 7) is 0.834. The molecule has 0 spiro atoms. The molecule has 0 aliphatic carbocycles. The van der Waals surface area contributed by atoms with Crippen LogP contribution in [0.3, 0.4) is 0 Å². The van der Waals surface area contributed by atoms with Gasteiger partial charge in [-0.3, -0.25) is 0 Å². The van der Waals surface area contributed by atoms with Gasteiger partial charge in [-0.25, -0.2) is 0 Å². The maximum Gasteiger partial charge on any atom is 0.122 e. The highest BCUT2D eigenvalue weighted by Gasteiger charge is 2.15. The highest BCUT2D eigenvalue weighted by Crippen LogP contribution is 2.30. The molecule has 0 saturated heterocycles. The zero-order valence-electron chi connectivity index (χ0n) is 9.86. The molecule has 0 amide bonds. The summed E-state index contributed by atoms with van der Waals surface area (Å²) in [7, 11) is 0. The van der Waals surface area contributed by atoms with Crippen LogP contribution in [0.15, 0.2) is 29.6 Å². The van der Waals surface area contributed by atoms with E-state index in [2.05, 4.69) is 52.2 Å². The number of ether oxygens (including phenoxy) is 1. The molecular weight excluding hydrogens is 357 g/mol. The predicted molar refractivity (Wildman–Crippen MR) is 83.3 cm³/mol. The van der Waals surface area contributed by atoms with Gasteiger partial charge in [-0.1, -0.05) is 12.1 Å². The van der Waals surface area contributed by atoms with E-state index in [0.717, 1.165) is 25.2 Å². The first-order chi connectivity index (χ1) is 8.74. The molecule has 1 aromatic heterocycles. The summed E-state index contributed by atoms with van der Waals surface area (Å²) in [6.07, 6.45) is 2.19. The van der Waals surface area contributed by atoms with Crippen LogP contribution < -0.4 is 10.5 Å². The smallest absolute Gasteiger partial charge is 0.122 e. The molecule has 0 fully saturated rings. The van der Waals surface area contributed by atoms with E-state index >= 15 is 0 Å². The molecule has 4 heteroatoms. The molecule has 2 heterocycles. The molecule has 0 bridgehead atoms. The van der Waals surface area contributed by atoms with E-state index in [1.54, 1.807) is 11.3 Å². The van der Waals surface area contributed by atoms with Crippen LogP contribution >= 0.6 is 33.9 Å². The van der Waals surface area contributed by atoms with Crippen molar-refractivity contribution in [3.8, 4) is 5.75 Å². The van der Waals surface area contributed by atoms with Crippen molar-refractivity contribution in [2.24, 2.45) is 5.73 Å². The summed E-state index contributed by atoms with van der Waals surface area (Å²) in [6, 6.07) is 8.47. The normalized spacial score (nSPS) is 15.9. The second-order valence-electron chi connectivity index (χ2n) is 4.48. The van der Waals surface area contributed by atoms with Gasteiger partial charge in [-0.05, 0) is 69.6 Å². The number of aryl methyl sites for hydroxylation is 1. The van der Waals surface area contributed by atoms with E-state index in [1.165, 1.54) is 19.6 Å². The minimum atomic E-state index is -0.0306. The lowest BCUT2D eigenvalue weighted by atomic mass is 9.97. The van der Waals surface area contributed by atoms with Crippen molar-refractivity contribution in [1.82, 2.24) is 0 Å². The van der Waals surface area contributed by atoms with Gasteiger partial charge in [-0.2, -0.15) is 0 Å². The first kappa shape index (κ1) is 12.4. The van der Waals surface area contributed by atoms with Crippen LogP contribution in [-0.2, 0) is 6.42 Å². The topological polar surface area (TPSA) is 35.2 Å². The molecule has 1 atom stereocenters. The van der Waals surface area contributed by atoms with Gasteiger partial charge in [0.15, 0.2) is 0 Å². The van der Waals surface area contributed by atoms with Gasteiger partial charge in [0.05, 0.1) is 15.5 Å². The first-order valence-electron chi connectivity index (χ1n) is 5.99. The maximum absolute atomic E-state index is 6.33. The SMILES string of the molecule is NC(c1csc(I)c1)c1ccc2c(c1)CCCO2. The van der Waals surface area contributed by atoms with Gasteiger partial charge >= 0.3 is 0 Å². The van der Waals surface area contributed by atoms with Gasteiger partial charge in [-0.15, -0.1) is 11.3 Å². The lowest BCUT2D eigenvalue weighted by molar-refractivity contribution is 0.288. The molecule has 2 aromatic rings. The molecular formula is C14H14INOS. The van der Waals surface area contributed by atoms with Crippen molar-refractivity contribution in [3.63, 3.8) is 0 Å². The summed E-state index contributed by atoms with van der Waals surface area (Å²) in [4.78, 5) is 0. The quantitative estimate of drug-likeness (QED) is 0.817. The minimum Gasteiger partial charge on any atom is -0.493 e. The van der Waals surface area contributed by atoms with Crippen LogP contribution in [0.25, 0.3) is 0 Å². The Morgan fingerprint density at radius 2 is 2.17 bits per heavy atom. The van der Waals surface area contributed by atoms with Crippen LogP contribution in [0.4, 0.5) is 0 Å². The van der Waals surface area contributed by atoms with Crippen molar-refractivity contribution in [3.05, 3.63) is 49.2 Å².